The number of aromatic nitrogens is 2. The first-order valence-electron chi connectivity index (χ1n) is 11.4. The monoisotopic (exact) mass is 482 g/mol. The van der Waals surface area contributed by atoms with Crippen molar-refractivity contribution in [1.29, 1.82) is 0 Å². The lowest BCUT2D eigenvalue weighted by atomic mass is 10.1. The van der Waals surface area contributed by atoms with Gasteiger partial charge in [-0.1, -0.05) is 66.2 Å². The van der Waals surface area contributed by atoms with Crippen molar-refractivity contribution in [3.8, 4) is 16.9 Å². The number of amides is 2. The zero-order chi connectivity index (χ0) is 25.5. The van der Waals surface area contributed by atoms with E-state index in [1.807, 2.05) is 79.7 Å². The number of nitrogens with one attached hydrogen (secondary N) is 1. The number of anilines is 1. The number of carbonyl (C=O) groups excluding carboxylic acids is 3. The van der Waals surface area contributed by atoms with Crippen molar-refractivity contribution >= 4 is 23.5 Å². The molecule has 0 saturated heterocycles. The first-order chi connectivity index (χ1) is 17.4. The number of likely N-dealkylation sites (N-methyl/N-ethyl adjacent to an activating group) is 1. The van der Waals surface area contributed by atoms with Crippen molar-refractivity contribution in [3.05, 3.63) is 102 Å². The zero-order valence-corrected chi connectivity index (χ0v) is 20.0. The molecule has 0 atom stereocenters. The van der Waals surface area contributed by atoms with Gasteiger partial charge in [-0.3, -0.25) is 9.59 Å². The van der Waals surface area contributed by atoms with Crippen LogP contribution >= 0.6 is 0 Å². The fourth-order valence-electron chi connectivity index (χ4n) is 3.50. The molecule has 0 spiro atoms. The van der Waals surface area contributed by atoms with Crippen LogP contribution in [0.5, 0.6) is 0 Å². The molecule has 0 aliphatic rings. The summed E-state index contributed by atoms with van der Waals surface area (Å²) >= 11 is 0. The van der Waals surface area contributed by atoms with E-state index in [4.69, 9.17) is 4.74 Å². The Balaban J connectivity index is 1.41. The van der Waals surface area contributed by atoms with Crippen LogP contribution in [0, 0.1) is 6.92 Å². The van der Waals surface area contributed by atoms with Crippen LogP contribution in [0.1, 0.15) is 15.9 Å². The number of aryl methyl sites for hydroxylation is 1. The Hall–Kier alpha value is -4.72. The van der Waals surface area contributed by atoms with E-state index in [0.29, 0.717) is 11.4 Å². The molecule has 1 aromatic heterocycles. The Morgan fingerprint density at radius 1 is 0.917 bits per heavy atom. The lowest BCUT2D eigenvalue weighted by molar-refractivity contribution is -0.136. The van der Waals surface area contributed by atoms with E-state index >= 15 is 0 Å². The van der Waals surface area contributed by atoms with Gasteiger partial charge in [-0.2, -0.15) is 5.10 Å². The molecule has 3 aromatic carbocycles. The van der Waals surface area contributed by atoms with Crippen LogP contribution in [0.15, 0.2) is 91.1 Å². The maximum absolute atomic E-state index is 13.0. The molecule has 0 fully saturated rings. The summed E-state index contributed by atoms with van der Waals surface area (Å²) in [4.78, 5) is 39.0. The molecule has 8 heteroatoms. The molecule has 182 valence electrons. The molecule has 0 aliphatic heterocycles. The van der Waals surface area contributed by atoms with Gasteiger partial charge in [0, 0.05) is 24.5 Å². The number of hydrogen-bond donors (Lipinski definition) is 1. The molecule has 0 saturated carbocycles. The summed E-state index contributed by atoms with van der Waals surface area (Å²) in [5, 5.41) is 7.32. The highest BCUT2D eigenvalue weighted by molar-refractivity contribution is 5.98. The molecule has 1 N–H and O–H groups in total. The number of nitrogens with zero attached hydrogens (tertiary/aromatic N) is 3. The van der Waals surface area contributed by atoms with E-state index in [9.17, 15) is 14.4 Å². The normalized spacial score (nSPS) is 10.5. The second kappa shape index (κ2) is 11.1. The van der Waals surface area contributed by atoms with Gasteiger partial charge in [0.25, 0.3) is 5.91 Å². The van der Waals surface area contributed by atoms with Crippen LogP contribution in [-0.4, -0.2) is 52.7 Å². The van der Waals surface area contributed by atoms with E-state index in [1.165, 1.54) is 11.9 Å². The van der Waals surface area contributed by atoms with Crippen LogP contribution in [0.4, 0.5) is 5.69 Å². The fraction of sp³-hybridized carbons (Fsp3) is 0.143. The van der Waals surface area contributed by atoms with Gasteiger partial charge in [-0.25, -0.2) is 9.48 Å². The summed E-state index contributed by atoms with van der Waals surface area (Å²) in [7, 11) is 1.48. The van der Waals surface area contributed by atoms with Gasteiger partial charge in [0.2, 0.25) is 5.91 Å². The predicted molar refractivity (Wildman–Crippen MR) is 137 cm³/mol. The molecule has 0 unspecified atom stereocenters. The van der Waals surface area contributed by atoms with Gasteiger partial charge in [-0.05, 0) is 31.2 Å². The van der Waals surface area contributed by atoms with Gasteiger partial charge in [0.15, 0.2) is 6.61 Å². The van der Waals surface area contributed by atoms with Gasteiger partial charge >= 0.3 is 5.97 Å². The Kier molecular flexibility index (Phi) is 7.55. The molecule has 2 amide bonds. The van der Waals surface area contributed by atoms with Crippen LogP contribution in [0.3, 0.4) is 0 Å². The van der Waals surface area contributed by atoms with Crippen molar-refractivity contribution in [2.75, 3.05) is 25.5 Å². The summed E-state index contributed by atoms with van der Waals surface area (Å²) in [6.45, 7) is 1.28. The molecule has 8 nitrogen and oxygen atoms in total. The topological polar surface area (TPSA) is 93.5 Å². The number of ether oxygens (including phenoxy) is 1. The summed E-state index contributed by atoms with van der Waals surface area (Å²) in [6, 6.07) is 26.0. The van der Waals surface area contributed by atoms with E-state index in [1.54, 1.807) is 23.0 Å². The fourth-order valence-corrected chi connectivity index (χ4v) is 3.50. The standard InChI is InChI=1S/C28H26N4O4/c1-20-13-15-22(16-14-20)29-25(33)18-31(2)26(34)19-36-28(35)24-17-32(23-11-7-4-8-12-23)30-27(24)21-9-5-3-6-10-21/h3-17H,18-19H2,1-2H3,(H,29,33). The minimum absolute atomic E-state index is 0.175. The van der Waals surface area contributed by atoms with Crippen LogP contribution in [0.25, 0.3) is 16.9 Å². The van der Waals surface area contributed by atoms with Crippen LogP contribution in [-0.2, 0) is 14.3 Å². The number of carbonyl (C=O) groups is 3. The van der Waals surface area contributed by atoms with Crippen molar-refractivity contribution in [1.82, 2.24) is 14.7 Å². The number of para-hydroxylation sites is 1. The van der Waals surface area contributed by atoms with E-state index < -0.39 is 18.5 Å². The van der Waals surface area contributed by atoms with Crippen molar-refractivity contribution < 1.29 is 19.1 Å². The molecule has 36 heavy (non-hydrogen) atoms. The highest BCUT2D eigenvalue weighted by atomic mass is 16.5. The predicted octanol–water partition coefficient (Wildman–Crippen LogP) is 4.10. The van der Waals surface area contributed by atoms with Crippen molar-refractivity contribution in [3.63, 3.8) is 0 Å². The molecule has 1 heterocycles. The third-order valence-electron chi connectivity index (χ3n) is 5.47. The smallest absolute Gasteiger partial charge is 0.342 e. The second-order valence-electron chi connectivity index (χ2n) is 8.28. The number of esters is 1. The summed E-state index contributed by atoms with van der Waals surface area (Å²) in [5.74, 6) is -1.53. The van der Waals surface area contributed by atoms with E-state index in [0.717, 1.165) is 16.8 Å². The third-order valence-corrected chi connectivity index (χ3v) is 5.47. The minimum atomic E-state index is -0.679. The zero-order valence-electron chi connectivity index (χ0n) is 20.0. The van der Waals surface area contributed by atoms with E-state index in [-0.39, 0.29) is 18.0 Å². The molecular weight excluding hydrogens is 456 g/mol. The number of rotatable bonds is 8. The highest BCUT2D eigenvalue weighted by Gasteiger charge is 2.22. The van der Waals surface area contributed by atoms with E-state index in [2.05, 4.69) is 10.4 Å². The maximum atomic E-state index is 13.0. The SMILES string of the molecule is Cc1ccc(NC(=O)CN(C)C(=O)COC(=O)c2cn(-c3ccccc3)nc2-c2ccccc2)cc1. The minimum Gasteiger partial charge on any atom is -0.452 e. The lowest BCUT2D eigenvalue weighted by Crippen LogP contribution is -2.37. The van der Waals surface area contributed by atoms with Crippen LogP contribution < -0.4 is 5.32 Å². The quantitative estimate of drug-likeness (QED) is 0.382. The summed E-state index contributed by atoms with van der Waals surface area (Å²) in [5.41, 5.74) is 3.92. The molecule has 4 aromatic rings. The average molecular weight is 483 g/mol. The largest absolute Gasteiger partial charge is 0.452 e. The Bertz CT molecular complexity index is 1350. The molecule has 4 rings (SSSR count). The lowest BCUT2D eigenvalue weighted by Gasteiger charge is -2.16. The highest BCUT2D eigenvalue weighted by Crippen LogP contribution is 2.24. The van der Waals surface area contributed by atoms with Crippen LogP contribution in [0.2, 0.25) is 0 Å². The average Bonchev–Trinajstić information content (AvgIpc) is 3.35. The Morgan fingerprint density at radius 3 is 2.22 bits per heavy atom. The number of benzene rings is 3. The Morgan fingerprint density at radius 2 is 1.56 bits per heavy atom. The van der Waals surface area contributed by atoms with Gasteiger partial charge in [0.05, 0.1) is 12.2 Å². The second-order valence-corrected chi connectivity index (χ2v) is 8.28. The summed E-state index contributed by atoms with van der Waals surface area (Å²) in [6.07, 6.45) is 1.59. The number of hydrogen-bond acceptors (Lipinski definition) is 5. The van der Waals surface area contributed by atoms with Gasteiger partial charge in [0.1, 0.15) is 11.3 Å². The van der Waals surface area contributed by atoms with Gasteiger partial charge < -0.3 is 15.0 Å². The van der Waals surface area contributed by atoms with Crippen molar-refractivity contribution in [2.24, 2.45) is 0 Å². The molecule has 0 aliphatic carbocycles. The Labute approximate surface area is 209 Å². The van der Waals surface area contributed by atoms with Gasteiger partial charge in [-0.15, -0.1) is 0 Å². The summed E-state index contributed by atoms with van der Waals surface area (Å²) < 4.78 is 6.92. The molecule has 0 bridgehead atoms. The molecular formula is C28H26N4O4. The third kappa shape index (κ3) is 6.04. The first kappa shape index (κ1) is 24.4. The van der Waals surface area contributed by atoms with Crippen molar-refractivity contribution in [2.45, 2.75) is 6.92 Å². The maximum Gasteiger partial charge on any atom is 0.342 e. The molecule has 0 radical (unpaired) electrons. The first-order valence-corrected chi connectivity index (χ1v) is 11.4.